The van der Waals surface area contributed by atoms with E-state index in [0.29, 0.717) is 13.1 Å². The van der Waals surface area contributed by atoms with Crippen molar-refractivity contribution in [3.63, 3.8) is 0 Å². The Morgan fingerprint density at radius 2 is 1.76 bits per heavy atom. The molecule has 21 heavy (non-hydrogen) atoms. The second-order valence-corrected chi connectivity index (χ2v) is 6.50. The molecule has 0 aromatic rings. The Bertz CT molecular complexity index is 400. The number of piperazine rings is 1. The Morgan fingerprint density at radius 1 is 1.24 bits per heavy atom. The van der Waals surface area contributed by atoms with Crippen LogP contribution in [-0.2, 0) is 10.2 Å². The summed E-state index contributed by atoms with van der Waals surface area (Å²) in [7, 11) is -3.92. The molecule has 128 valence electrons. The summed E-state index contributed by atoms with van der Waals surface area (Å²) in [4.78, 5) is 1.24. The van der Waals surface area contributed by atoms with Crippen molar-refractivity contribution in [2.24, 2.45) is 0 Å². The zero-order valence-corrected chi connectivity index (χ0v) is 13.5. The van der Waals surface area contributed by atoms with Crippen molar-refractivity contribution in [1.29, 1.82) is 0 Å². The molecular formula is C10H22ClF3N4O2S. The molecule has 1 heterocycles. The van der Waals surface area contributed by atoms with Gasteiger partial charge in [0, 0.05) is 38.8 Å². The zero-order valence-electron chi connectivity index (χ0n) is 11.9. The molecule has 1 aliphatic heterocycles. The van der Waals surface area contributed by atoms with Crippen molar-refractivity contribution >= 4 is 22.6 Å². The molecule has 0 radical (unpaired) electrons. The highest BCUT2D eigenvalue weighted by atomic mass is 35.5. The highest BCUT2D eigenvalue weighted by Crippen LogP contribution is 2.24. The molecule has 0 aliphatic carbocycles. The molecule has 3 N–H and O–H groups in total. The van der Waals surface area contributed by atoms with Crippen molar-refractivity contribution in [2.75, 3.05) is 32.7 Å². The van der Waals surface area contributed by atoms with Crippen LogP contribution in [0.2, 0.25) is 0 Å². The van der Waals surface area contributed by atoms with Crippen molar-refractivity contribution < 1.29 is 21.6 Å². The highest BCUT2D eigenvalue weighted by Gasteiger charge is 2.44. The minimum absolute atomic E-state index is 0. The van der Waals surface area contributed by atoms with E-state index >= 15 is 0 Å². The van der Waals surface area contributed by atoms with Gasteiger partial charge in [0.15, 0.2) is 0 Å². The van der Waals surface area contributed by atoms with E-state index in [1.165, 1.54) is 4.90 Å². The molecular weight excluding hydrogens is 333 g/mol. The first-order valence-electron chi connectivity index (χ1n) is 6.40. The summed E-state index contributed by atoms with van der Waals surface area (Å²) < 4.78 is 66.3. The van der Waals surface area contributed by atoms with Crippen LogP contribution in [0.25, 0.3) is 0 Å². The summed E-state index contributed by atoms with van der Waals surface area (Å²) in [6.07, 6.45) is -4.47. The van der Waals surface area contributed by atoms with Gasteiger partial charge < -0.3 is 5.32 Å². The number of halogens is 4. The van der Waals surface area contributed by atoms with E-state index < -0.39 is 29.0 Å². The monoisotopic (exact) mass is 354 g/mol. The lowest BCUT2D eigenvalue weighted by Crippen LogP contribution is -2.58. The van der Waals surface area contributed by atoms with Crippen LogP contribution in [0.15, 0.2) is 0 Å². The molecule has 11 heteroatoms. The summed E-state index contributed by atoms with van der Waals surface area (Å²) in [5.41, 5.74) is 0. The van der Waals surface area contributed by atoms with Crippen LogP contribution in [0, 0.1) is 0 Å². The number of alkyl halides is 3. The van der Waals surface area contributed by atoms with Crippen LogP contribution >= 0.6 is 12.4 Å². The van der Waals surface area contributed by atoms with Gasteiger partial charge in [0.1, 0.15) is 6.04 Å². The fourth-order valence-electron chi connectivity index (χ4n) is 1.99. The lowest BCUT2D eigenvalue weighted by molar-refractivity contribution is -0.182. The molecule has 0 amide bonds. The van der Waals surface area contributed by atoms with Gasteiger partial charge in [0.25, 0.3) is 10.2 Å². The zero-order chi connectivity index (χ0) is 15.4. The van der Waals surface area contributed by atoms with Crippen molar-refractivity contribution in [1.82, 2.24) is 19.7 Å². The Morgan fingerprint density at radius 3 is 2.19 bits per heavy atom. The van der Waals surface area contributed by atoms with Crippen LogP contribution in [-0.4, -0.2) is 64.3 Å². The molecule has 1 fully saturated rings. The molecule has 1 aliphatic rings. The largest absolute Gasteiger partial charge is 0.405 e. The van der Waals surface area contributed by atoms with Gasteiger partial charge in [0.05, 0.1) is 0 Å². The van der Waals surface area contributed by atoms with E-state index in [1.54, 1.807) is 13.8 Å². The maximum absolute atomic E-state index is 13.0. The van der Waals surface area contributed by atoms with E-state index in [2.05, 4.69) is 10.0 Å². The summed E-state index contributed by atoms with van der Waals surface area (Å²) in [5, 5.41) is 2.96. The number of nitrogens with one attached hydrogen (secondary N) is 3. The molecule has 1 saturated heterocycles. The van der Waals surface area contributed by atoms with Crippen LogP contribution in [0.5, 0.6) is 0 Å². The quantitative estimate of drug-likeness (QED) is 0.631. The van der Waals surface area contributed by atoms with Gasteiger partial charge in [-0.1, -0.05) is 0 Å². The van der Waals surface area contributed by atoms with Gasteiger partial charge in [-0.25, -0.2) is 4.72 Å². The lowest BCUT2D eigenvalue weighted by Gasteiger charge is -2.35. The van der Waals surface area contributed by atoms with Gasteiger partial charge >= 0.3 is 6.18 Å². The summed E-state index contributed by atoms with van der Waals surface area (Å²) >= 11 is 0. The standard InChI is InChI=1S/C10H21F3N4O2S.ClH/c1-8(2)16-20(18,19)15-7-9(10(11,12)13)17-5-3-14-4-6-17;/h8-9,14-16H,3-7H2,1-2H3;1H. The Labute approximate surface area is 129 Å². The van der Waals surface area contributed by atoms with E-state index in [1.807, 2.05) is 4.72 Å². The first kappa shape index (κ1) is 20.9. The number of hydrogen-bond donors (Lipinski definition) is 3. The van der Waals surface area contributed by atoms with E-state index in [0.717, 1.165) is 0 Å². The number of hydrogen-bond acceptors (Lipinski definition) is 4. The van der Waals surface area contributed by atoms with E-state index in [-0.39, 0.29) is 31.5 Å². The van der Waals surface area contributed by atoms with Crippen LogP contribution in [0.3, 0.4) is 0 Å². The highest BCUT2D eigenvalue weighted by molar-refractivity contribution is 7.87. The van der Waals surface area contributed by atoms with E-state index in [4.69, 9.17) is 0 Å². The molecule has 1 atom stereocenters. The maximum atomic E-state index is 13.0. The first-order valence-corrected chi connectivity index (χ1v) is 7.88. The second kappa shape index (κ2) is 8.49. The third-order valence-electron chi connectivity index (χ3n) is 2.83. The second-order valence-electron chi connectivity index (χ2n) is 4.97. The summed E-state index contributed by atoms with van der Waals surface area (Å²) in [6.45, 7) is 3.90. The van der Waals surface area contributed by atoms with Gasteiger partial charge in [-0.2, -0.15) is 26.3 Å². The predicted octanol–water partition coefficient (Wildman–Crippen LogP) is 0.0767. The Balaban J connectivity index is 0.00000400. The molecule has 6 nitrogen and oxygen atoms in total. The Hall–Kier alpha value is -0.130. The molecule has 0 aromatic carbocycles. The fraction of sp³-hybridized carbons (Fsp3) is 1.00. The summed E-state index contributed by atoms with van der Waals surface area (Å²) in [6, 6.07) is -2.19. The molecule has 0 aromatic heterocycles. The third kappa shape index (κ3) is 7.61. The van der Waals surface area contributed by atoms with Gasteiger partial charge in [0.2, 0.25) is 0 Å². The minimum atomic E-state index is -4.47. The SMILES string of the molecule is CC(C)NS(=O)(=O)NCC(N1CCNCC1)C(F)(F)F.Cl. The van der Waals surface area contributed by atoms with Crippen LogP contribution in [0.1, 0.15) is 13.8 Å². The van der Waals surface area contributed by atoms with Crippen molar-refractivity contribution in [2.45, 2.75) is 32.1 Å². The molecule has 0 saturated carbocycles. The predicted molar refractivity (Wildman–Crippen MR) is 76.7 cm³/mol. The molecule has 1 unspecified atom stereocenters. The van der Waals surface area contributed by atoms with Crippen LogP contribution < -0.4 is 14.8 Å². The maximum Gasteiger partial charge on any atom is 0.405 e. The normalized spacial score (nSPS) is 19.3. The van der Waals surface area contributed by atoms with Crippen LogP contribution in [0.4, 0.5) is 13.2 Å². The van der Waals surface area contributed by atoms with Crippen molar-refractivity contribution in [3.05, 3.63) is 0 Å². The Kier molecular flexibility index (Phi) is 8.44. The van der Waals surface area contributed by atoms with E-state index in [9.17, 15) is 21.6 Å². The van der Waals surface area contributed by atoms with Gasteiger partial charge in [-0.15, -0.1) is 12.4 Å². The topological polar surface area (TPSA) is 73.5 Å². The fourth-order valence-corrected chi connectivity index (χ4v) is 3.07. The molecule has 0 spiro atoms. The first-order chi connectivity index (χ1) is 9.12. The smallest absolute Gasteiger partial charge is 0.314 e. The minimum Gasteiger partial charge on any atom is -0.314 e. The molecule has 0 bridgehead atoms. The third-order valence-corrected chi connectivity index (χ3v) is 4.16. The van der Waals surface area contributed by atoms with Gasteiger partial charge in [-0.3, -0.25) is 4.90 Å². The summed E-state index contributed by atoms with van der Waals surface area (Å²) in [5.74, 6) is 0. The average Bonchev–Trinajstić information content (AvgIpc) is 2.26. The number of nitrogens with zero attached hydrogens (tertiary/aromatic N) is 1. The van der Waals surface area contributed by atoms with Crippen molar-refractivity contribution in [3.8, 4) is 0 Å². The number of rotatable bonds is 6. The molecule has 1 rings (SSSR count). The average molecular weight is 355 g/mol. The van der Waals surface area contributed by atoms with Gasteiger partial charge in [-0.05, 0) is 13.8 Å². The lowest BCUT2D eigenvalue weighted by atomic mass is 10.2.